The highest BCUT2D eigenvalue weighted by Gasteiger charge is 2.27. The van der Waals surface area contributed by atoms with Crippen LogP contribution in [0.3, 0.4) is 0 Å². The number of hydrogen-bond acceptors (Lipinski definition) is 8. The maximum Gasteiger partial charge on any atom is 0.272 e. The van der Waals surface area contributed by atoms with Crippen LogP contribution in [0, 0.1) is 5.82 Å². The van der Waals surface area contributed by atoms with Gasteiger partial charge in [0, 0.05) is 32.7 Å². The second-order valence-corrected chi connectivity index (χ2v) is 10.3. The molecule has 4 aromatic rings. The zero-order chi connectivity index (χ0) is 24.8. The highest BCUT2D eigenvalue weighted by Crippen LogP contribution is 2.32. The lowest BCUT2D eigenvalue weighted by Gasteiger charge is -2.27. The van der Waals surface area contributed by atoms with Gasteiger partial charge in [-0.05, 0) is 38.2 Å². The Bertz CT molecular complexity index is 1530. The molecule has 2 saturated heterocycles. The summed E-state index contributed by atoms with van der Waals surface area (Å²) in [5, 5.41) is 1.84. The quantitative estimate of drug-likeness (QED) is 0.453. The lowest BCUT2D eigenvalue weighted by Crippen LogP contribution is -2.49. The van der Waals surface area contributed by atoms with E-state index >= 15 is 4.39 Å². The molecule has 5 heterocycles. The maximum atomic E-state index is 15.5. The number of aromatic nitrogens is 2. The van der Waals surface area contributed by atoms with E-state index in [2.05, 4.69) is 17.4 Å². The number of nitrogens with one attached hydrogen (secondary N) is 1. The van der Waals surface area contributed by atoms with Crippen molar-refractivity contribution in [1.82, 2.24) is 24.7 Å². The average molecular weight is 511 g/mol. The third-order valence-corrected chi connectivity index (χ3v) is 8.01. The van der Waals surface area contributed by atoms with E-state index in [0.29, 0.717) is 49.9 Å². The fraction of sp³-hybridized carbons (Fsp3) is 0.400. The van der Waals surface area contributed by atoms with Gasteiger partial charge in [0.25, 0.3) is 5.91 Å². The Labute approximate surface area is 210 Å². The molecule has 3 aromatic heterocycles. The van der Waals surface area contributed by atoms with Crippen LogP contribution in [0.4, 0.5) is 10.2 Å². The van der Waals surface area contributed by atoms with Crippen LogP contribution in [0.1, 0.15) is 16.8 Å². The van der Waals surface area contributed by atoms with Crippen LogP contribution in [0.2, 0.25) is 0 Å². The minimum absolute atomic E-state index is 0.000499. The van der Waals surface area contributed by atoms with Crippen molar-refractivity contribution in [2.75, 3.05) is 64.4 Å². The van der Waals surface area contributed by atoms with Crippen LogP contribution >= 0.6 is 11.3 Å². The number of benzene rings is 1. The van der Waals surface area contributed by atoms with Crippen LogP contribution < -0.4 is 15.8 Å². The smallest absolute Gasteiger partial charge is 0.272 e. The summed E-state index contributed by atoms with van der Waals surface area (Å²) in [4.78, 5) is 36.5. The van der Waals surface area contributed by atoms with Gasteiger partial charge in [-0.15, -0.1) is 11.3 Å². The minimum Gasteiger partial charge on any atom is -0.379 e. The van der Waals surface area contributed by atoms with Gasteiger partial charge in [-0.25, -0.2) is 14.4 Å². The van der Waals surface area contributed by atoms with E-state index in [1.165, 1.54) is 17.4 Å². The number of amides is 1. The summed E-state index contributed by atoms with van der Waals surface area (Å²) in [5.41, 5.74) is 3.52. The fourth-order valence-corrected chi connectivity index (χ4v) is 6.14. The Morgan fingerprint density at radius 2 is 1.92 bits per heavy atom. The number of pyridine rings is 2. The Morgan fingerprint density at radius 3 is 2.75 bits per heavy atom. The first-order valence-electron chi connectivity index (χ1n) is 12.1. The molecule has 0 spiro atoms. The van der Waals surface area contributed by atoms with Gasteiger partial charge >= 0.3 is 0 Å². The Hall–Kier alpha value is -3.12. The second kappa shape index (κ2) is 9.40. The van der Waals surface area contributed by atoms with Crippen LogP contribution in [0.5, 0.6) is 0 Å². The topological polar surface area (TPSA) is 82.4 Å². The van der Waals surface area contributed by atoms with Crippen molar-refractivity contribution in [2.24, 2.45) is 0 Å². The fourth-order valence-electron chi connectivity index (χ4n) is 4.95. The SMILES string of the molecule is CN1CCCN(c2nc3c(cc2F)c(=O)c(C(=O)NN2CCOCC2)c2sc4ccccc4n23)CC1. The van der Waals surface area contributed by atoms with Gasteiger partial charge in [0.2, 0.25) is 5.43 Å². The number of carbonyl (C=O) groups is 1. The van der Waals surface area contributed by atoms with Gasteiger partial charge in [0.15, 0.2) is 17.3 Å². The Balaban J connectivity index is 1.56. The van der Waals surface area contributed by atoms with E-state index in [1.54, 1.807) is 5.01 Å². The lowest BCUT2D eigenvalue weighted by atomic mass is 10.1. The van der Waals surface area contributed by atoms with Gasteiger partial charge in [0.1, 0.15) is 10.4 Å². The number of hydrogen-bond donors (Lipinski definition) is 1. The van der Waals surface area contributed by atoms with Crippen molar-refractivity contribution < 1.29 is 13.9 Å². The van der Waals surface area contributed by atoms with Crippen LogP contribution in [-0.2, 0) is 4.74 Å². The van der Waals surface area contributed by atoms with E-state index in [-0.39, 0.29) is 16.8 Å². The van der Waals surface area contributed by atoms with E-state index in [1.807, 2.05) is 33.6 Å². The van der Waals surface area contributed by atoms with Crippen LogP contribution in [-0.4, -0.2) is 84.7 Å². The van der Waals surface area contributed by atoms with Crippen molar-refractivity contribution in [3.8, 4) is 0 Å². The van der Waals surface area contributed by atoms with Gasteiger partial charge in [-0.2, -0.15) is 0 Å². The predicted octanol–water partition coefficient (Wildman–Crippen LogP) is 2.32. The summed E-state index contributed by atoms with van der Waals surface area (Å²) >= 11 is 1.36. The monoisotopic (exact) mass is 510 g/mol. The molecule has 6 rings (SSSR count). The number of carbonyl (C=O) groups excluding carboxylic acids is 1. The molecule has 2 aliphatic heterocycles. The Morgan fingerprint density at radius 1 is 1.11 bits per heavy atom. The first-order valence-corrected chi connectivity index (χ1v) is 13.0. The zero-order valence-electron chi connectivity index (χ0n) is 20.0. The number of fused-ring (bicyclic) bond motifs is 5. The van der Waals surface area contributed by atoms with Crippen LogP contribution in [0.15, 0.2) is 35.1 Å². The molecule has 188 valence electrons. The molecule has 2 aliphatic rings. The Kier molecular flexibility index (Phi) is 6.08. The van der Waals surface area contributed by atoms with E-state index < -0.39 is 17.2 Å². The summed E-state index contributed by atoms with van der Waals surface area (Å²) in [6.07, 6.45) is 0.896. The summed E-state index contributed by atoms with van der Waals surface area (Å²) in [6.45, 7) is 5.12. The first kappa shape index (κ1) is 23.3. The molecule has 9 nitrogen and oxygen atoms in total. The zero-order valence-corrected chi connectivity index (χ0v) is 20.8. The number of rotatable bonds is 3. The summed E-state index contributed by atoms with van der Waals surface area (Å²) < 4.78 is 23.6. The minimum atomic E-state index is -0.553. The van der Waals surface area contributed by atoms with Gasteiger partial charge < -0.3 is 14.5 Å². The van der Waals surface area contributed by atoms with E-state index in [4.69, 9.17) is 9.72 Å². The molecule has 11 heteroatoms. The van der Waals surface area contributed by atoms with E-state index in [9.17, 15) is 9.59 Å². The number of hydrazine groups is 1. The predicted molar refractivity (Wildman–Crippen MR) is 138 cm³/mol. The summed E-state index contributed by atoms with van der Waals surface area (Å²) in [6, 6.07) is 8.94. The molecule has 0 aliphatic carbocycles. The van der Waals surface area contributed by atoms with E-state index in [0.717, 1.165) is 29.7 Å². The molecule has 1 aromatic carbocycles. The second-order valence-electron chi connectivity index (χ2n) is 9.26. The number of morpholine rings is 1. The third kappa shape index (κ3) is 4.01. The number of thiazole rings is 1. The number of nitrogens with zero attached hydrogens (tertiary/aromatic N) is 5. The average Bonchev–Trinajstić information content (AvgIpc) is 3.12. The molecule has 1 amide bonds. The summed E-state index contributed by atoms with van der Waals surface area (Å²) in [7, 11) is 2.05. The van der Waals surface area contributed by atoms with Gasteiger partial charge in [-0.1, -0.05) is 12.1 Å². The summed E-state index contributed by atoms with van der Waals surface area (Å²) in [5.74, 6) is -0.817. The molecule has 36 heavy (non-hydrogen) atoms. The van der Waals surface area contributed by atoms with Crippen molar-refractivity contribution >= 4 is 49.1 Å². The molecule has 0 atom stereocenters. The first-order chi connectivity index (χ1) is 17.5. The molecule has 0 radical (unpaired) electrons. The molecule has 0 bridgehead atoms. The number of halogens is 1. The molecule has 1 N–H and O–H groups in total. The molecular weight excluding hydrogens is 483 g/mol. The van der Waals surface area contributed by atoms with Gasteiger partial charge in [0.05, 0.1) is 28.8 Å². The lowest BCUT2D eigenvalue weighted by molar-refractivity contribution is 0.0126. The largest absolute Gasteiger partial charge is 0.379 e. The molecule has 0 unspecified atom stereocenters. The molecule has 2 fully saturated rings. The number of para-hydroxylation sites is 1. The number of anilines is 1. The molecule has 0 saturated carbocycles. The third-order valence-electron chi connectivity index (χ3n) is 6.87. The van der Waals surface area contributed by atoms with Crippen LogP contribution in [0.25, 0.3) is 26.1 Å². The van der Waals surface area contributed by atoms with Gasteiger partial charge in [-0.3, -0.25) is 19.4 Å². The van der Waals surface area contributed by atoms with Crippen molar-refractivity contribution in [3.63, 3.8) is 0 Å². The number of likely N-dealkylation sites (N-methyl/N-ethyl adjacent to an activating group) is 1. The normalized spacial score (nSPS) is 18.2. The highest BCUT2D eigenvalue weighted by atomic mass is 32.1. The maximum absolute atomic E-state index is 15.5. The highest BCUT2D eigenvalue weighted by molar-refractivity contribution is 7.24. The van der Waals surface area contributed by atoms with Crippen molar-refractivity contribution in [3.05, 3.63) is 51.9 Å². The standard InChI is InChI=1S/C25H27FN6O3S/c1-29-7-4-8-30(10-9-29)23-17(26)15-16-21(33)20(24(34)28-31-11-13-35-14-12-31)25-32(22(16)27-23)18-5-2-3-6-19(18)36-25/h2-3,5-6,15H,4,7-14H2,1H3,(H,28,34). The van der Waals surface area contributed by atoms with Crippen molar-refractivity contribution in [2.45, 2.75) is 6.42 Å². The molecular formula is C25H27FN6O3S. The van der Waals surface area contributed by atoms with Crippen molar-refractivity contribution in [1.29, 1.82) is 0 Å². The number of ether oxygens (including phenoxy) is 1.